The van der Waals surface area contributed by atoms with Crippen LogP contribution in [0.25, 0.3) is 0 Å². The second-order valence-electron chi connectivity index (χ2n) is 5.91. The van der Waals surface area contributed by atoms with E-state index in [4.69, 9.17) is 19.3 Å². The predicted octanol–water partition coefficient (Wildman–Crippen LogP) is 2.36. The number of benzene rings is 2. The first-order valence-corrected chi connectivity index (χ1v) is 8.70. The van der Waals surface area contributed by atoms with Gasteiger partial charge >= 0.3 is 17.9 Å². The summed E-state index contributed by atoms with van der Waals surface area (Å²) in [4.78, 5) is 32.2. The lowest BCUT2D eigenvalue weighted by Gasteiger charge is -2.08. The van der Waals surface area contributed by atoms with E-state index in [1.165, 1.54) is 46.5 Å². The molecule has 0 aliphatic rings. The van der Waals surface area contributed by atoms with Gasteiger partial charge in [-0.25, -0.2) is 0 Å². The number of methoxy groups -OCH3 is 3. The Hall–Kier alpha value is -3.75. The maximum Gasteiger partial charge on any atom is 0.309 e. The molecule has 0 amide bonds. The molecule has 9 nitrogen and oxygen atoms in total. The summed E-state index contributed by atoms with van der Waals surface area (Å²) in [5, 5.41) is 17.9. The number of hydrogen-bond acceptors (Lipinski definition) is 8. The normalized spacial score (nSPS) is 9.60. The van der Waals surface area contributed by atoms with Gasteiger partial charge in [-0.2, -0.15) is 0 Å². The van der Waals surface area contributed by atoms with Crippen LogP contribution in [0.15, 0.2) is 36.4 Å². The molecule has 0 spiro atoms. The summed E-state index contributed by atoms with van der Waals surface area (Å²) in [6.45, 7) is 1.28. The van der Waals surface area contributed by atoms with E-state index < -0.39 is 11.9 Å². The fourth-order valence-corrected chi connectivity index (χ4v) is 2.31. The molecule has 2 N–H and O–H groups in total. The van der Waals surface area contributed by atoms with Crippen molar-refractivity contribution in [2.24, 2.45) is 0 Å². The van der Waals surface area contributed by atoms with Gasteiger partial charge in [0.1, 0.15) is 0 Å². The maximum atomic E-state index is 10.9. The third-order valence-corrected chi connectivity index (χ3v) is 3.66. The number of carbonyl (C=O) groups excluding carboxylic acids is 2. The van der Waals surface area contributed by atoms with Crippen LogP contribution in [-0.2, 0) is 32.0 Å². The molecule has 2 rings (SSSR count). The number of aliphatic carboxylic acids is 1. The highest BCUT2D eigenvalue weighted by Gasteiger charge is 2.09. The van der Waals surface area contributed by atoms with E-state index in [-0.39, 0.29) is 30.3 Å². The molecule has 30 heavy (non-hydrogen) atoms. The maximum absolute atomic E-state index is 10.9. The fraction of sp³-hybridized carbons (Fsp3) is 0.286. The lowest BCUT2D eigenvalue weighted by molar-refractivity contribution is -0.140. The highest BCUT2D eigenvalue weighted by atomic mass is 16.6. The topological polar surface area (TPSA) is 129 Å². The van der Waals surface area contributed by atoms with Crippen molar-refractivity contribution < 1.29 is 43.5 Å². The number of aromatic hydroxyl groups is 1. The van der Waals surface area contributed by atoms with Gasteiger partial charge in [0.25, 0.3) is 0 Å². The Morgan fingerprint density at radius 2 is 1.40 bits per heavy atom. The van der Waals surface area contributed by atoms with Crippen molar-refractivity contribution in [3.63, 3.8) is 0 Å². The van der Waals surface area contributed by atoms with Crippen molar-refractivity contribution in [3.05, 3.63) is 47.5 Å². The molecule has 0 aliphatic carbocycles. The number of esters is 2. The molecule has 0 aliphatic heterocycles. The van der Waals surface area contributed by atoms with Crippen LogP contribution in [0.3, 0.4) is 0 Å². The van der Waals surface area contributed by atoms with Crippen LogP contribution in [-0.4, -0.2) is 49.5 Å². The Morgan fingerprint density at radius 3 is 1.93 bits per heavy atom. The number of hydrogen-bond donors (Lipinski definition) is 2. The molecule has 0 aromatic heterocycles. The zero-order valence-corrected chi connectivity index (χ0v) is 17.1. The summed E-state index contributed by atoms with van der Waals surface area (Å²) >= 11 is 0. The highest BCUT2D eigenvalue weighted by molar-refractivity contribution is 5.73. The van der Waals surface area contributed by atoms with E-state index in [1.807, 2.05) is 0 Å². The largest absolute Gasteiger partial charge is 0.504 e. The molecule has 0 radical (unpaired) electrons. The van der Waals surface area contributed by atoms with E-state index in [9.17, 15) is 19.5 Å². The average Bonchev–Trinajstić information content (AvgIpc) is 2.70. The first kappa shape index (κ1) is 24.3. The average molecular weight is 420 g/mol. The van der Waals surface area contributed by atoms with Crippen LogP contribution in [0.2, 0.25) is 0 Å². The summed E-state index contributed by atoms with van der Waals surface area (Å²) in [6.07, 6.45) is 0.0733. The van der Waals surface area contributed by atoms with Crippen molar-refractivity contribution in [3.8, 4) is 23.0 Å². The van der Waals surface area contributed by atoms with Crippen molar-refractivity contribution in [2.45, 2.75) is 19.8 Å². The number of rotatable bonds is 7. The second kappa shape index (κ2) is 11.9. The van der Waals surface area contributed by atoms with Gasteiger partial charge in [0.2, 0.25) is 0 Å². The summed E-state index contributed by atoms with van der Waals surface area (Å²) in [5.41, 5.74) is 1.33. The number of phenols is 1. The minimum absolute atomic E-state index is 0.0566. The van der Waals surface area contributed by atoms with Crippen molar-refractivity contribution >= 4 is 17.9 Å². The summed E-state index contributed by atoms with van der Waals surface area (Å²) in [5.74, 6) is -0.671. The van der Waals surface area contributed by atoms with Gasteiger partial charge < -0.3 is 29.2 Å². The number of carboxylic acids is 1. The molecule has 9 heteroatoms. The van der Waals surface area contributed by atoms with Crippen LogP contribution < -0.4 is 14.2 Å². The predicted molar refractivity (Wildman–Crippen MR) is 106 cm³/mol. The smallest absolute Gasteiger partial charge is 0.309 e. The minimum atomic E-state index is -0.928. The summed E-state index contributed by atoms with van der Waals surface area (Å²) in [7, 11) is 4.21. The standard InChI is InChI=1S/C11H12O5.C10H12O4/c1-7(12)16-9-4-3-8(6-11(13)14)5-10(9)15-2;1-13-9-5-7(3-4-8(9)11)6-10(12)14-2/h3-5H,6H2,1-2H3,(H,13,14);3-5,11H,6H2,1-2H3. The Balaban J connectivity index is 0.000000303. The molecule has 0 atom stereocenters. The number of phenolic OH excluding ortho intramolecular Hbond substituents is 1. The zero-order chi connectivity index (χ0) is 22.7. The van der Waals surface area contributed by atoms with E-state index in [0.29, 0.717) is 17.1 Å². The van der Waals surface area contributed by atoms with Gasteiger partial charge in [0.15, 0.2) is 23.0 Å². The summed E-state index contributed by atoms with van der Waals surface area (Å²) < 4.78 is 19.3. The third-order valence-electron chi connectivity index (χ3n) is 3.66. The lowest BCUT2D eigenvalue weighted by Crippen LogP contribution is -2.04. The molecule has 0 bridgehead atoms. The fourth-order valence-electron chi connectivity index (χ4n) is 2.31. The van der Waals surface area contributed by atoms with Crippen LogP contribution in [0, 0.1) is 0 Å². The first-order valence-electron chi connectivity index (χ1n) is 8.70. The molecule has 162 valence electrons. The van der Waals surface area contributed by atoms with Gasteiger partial charge in [0, 0.05) is 6.92 Å². The van der Waals surface area contributed by atoms with E-state index in [1.54, 1.807) is 18.2 Å². The highest BCUT2D eigenvalue weighted by Crippen LogP contribution is 2.28. The zero-order valence-electron chi connectivity index (χ0n) is 17.1. The molecule has 0 saturated carbocycles. The minimum Gasteiger partial charge on any atom is -0.504 e. The van der Waals surface area contributed by atoms with Crippen molar-refractivity contribution in [1.82, 2.24) is 0 Å². The monoisotopic (exact) mass is 420 g/mol. The SMILES string of the molecule is COC(=O)Cc1ccc(O)c(OC)c1.COc1cc(CC(=O)O)ccc1OC(C)=O. The van der Waals surface area contributed by atoms with Gasteiger partial charge in [-0.05, 0) is 35.4 Å². The van der Waals surface area contributed by atoms with Gasteiger partial charge in [0.05, 0.1) is 34.2 Å². The number of carboxylic acid groups (broad SMARTS) is 1. The quantitative estimate of drug-likeness (QED) is 0.512. The lowest BCUT2D eigenvalue weighted by atomic mass is 10.1. The second-order valence-corrected chi connectivity index (χ2v) is 5.91. The molecule has 0 saturated heterocycles. The first-order chi connectivity index (χ1) is 14.2. The molecule has 0 unspecified atom stereocenters. The molecule has 2 aromatic rings. The van der Waals surface area contributed by atoms with Gasteiger partial charge in [-0.1, -0.05) is 12.1 Å². The van der Waals surface area contributed by atoms with E-state index in [2.05, 4.69) is 4.74 Å². The van der Waals surface area contributed by atoms with Crippen LogP contribution in [0.1, 0.15) is 18.1 Å². The van der Waals surface area contributed by atoms with Crippen molar-refractivity contribution in [2.75, 3.05) is 21.3 Å². The summed E-state index contributed by atoms with van der Waals surface area (Å²) in [6, 6.07) is 9.36. The Bertz CT molecular complexity index is 890. The van der Waals surface area contributed by atoms with Crippen LogP contribution >= 0.6 is 0 Å². The molecular formula is C21H24O9. The Kier molecular flexibility index (Phi) is 9.67. The molecule has 0 fully saturated rings. The van der Waals surface area contributed by atoms with E-state index in [0.717, 1.165) is 5.56 Å². The Morgan fingerprint density at radius 1 is 0.833 bits per heavy atom. The van der Waals surface area contributed by atoms with E-state index >= 15 is 0 Å². The van der Waals surface area contributed by atoms with Gasteiger partial charge in [-0.15, -0.1) is 0 Å². The molecule has 0 heterocycles. The molecular weight excluding hydrogens is 396 g/mol. The number of carbonyl (C=O) groups is 3. The number of ether oxygens (including phenoxy) is 4. The Labute approximate surface area is 173 Å². The molecule has 2 aromatic carbocycles. The van der Waals surface area contributed by atoms with Crippen LogP contribution in [0.4, 0.5) is 0 Å². The van der Waals surface area contributed by atoms with Crippen LogP contribution in [0.5, 0.6) is 23.0 Å². The van der Waals surface area contributed by atoms with Gasteiger partial charge in [-0.3, -0.25) is 14.4 Å². The third kappa shape index (κ3) is 8.09. The van der Waals surface area contributed by atoms with Crippen molar-refractivity contribution in [1.29, 1.82) is 0 Å².